The van der Waals surface area contributed by atoms with Gasteiger partial charge in [0.25, 0.3) is 0 Å². The molecule has 0 spiro atoms. The van der Waals surface area contributed by atoms with E-state index in [2.05, 4.69) is 18.9 Å². The summed E-state index contributed by atoms with van der Waals surface area (Å²) in [6.45, 7) is 5.21. The van der Waals surface area contributed by atoms with Gasteiger partial charge in [0.15, 0.2) is 0 Å². The topological polar surface area (TPSA) is 43.8 Å². The molecule has 16 heavy (non-hydrogen) atoms. The van der Waals surface area contributed by atoms with Gasteiger partial charge in [-0.05, 0) is 12.8 Å². The maximum absolute atomic E-state index is 6.17. The lowest BCUT2D eigenvalue weighted by atomic mass is 10.1. The number of nitrogens with zero attached hydrogens (tertiary/aromatic N) is 2. The van der Waals surface area contributed by atoms with Crippen LogP contribution in [0, 0.1) is 0 Å². The van der Waals surface area contributed by atoms with Crippen LogP contribution in [-0.2, 0) is 6.54 Å². The fourth-order valence-corrected chi connectivity index (χ4v) is 2.16. The Balaban J connectivity index is 2.65. The molecule has 0 fully saturated rings. The molecule has 0 saturated carbocycles. The van der Waals surface area contributed by atoms with Crippen molar-refractivity contribution in [1.82, 2.24) is 9.78 Å². The van der Waals surface area contributed by atoms with Crippen LogP contribution in [0.3, 0.4) is 0 Å². The molecule has 0 saturated heterocycles. The Morgan fingerprint density at radius 1 is 1.38 bits per heavy atom. The van der Waals surface area contributed by atoms with E-state index in [-0.39, 0.29) is 6.04 Å². The molecular weight excluding hydrogens is 222 g/mol. The van der Waals surface area contributed by atoms with Gasteiger partial charge in [0.05, 0.1) is 16.9 Å². The van der Waals surface area contributed by atoms with E-state index in [0.29, 0.717) is 5.02 Å². The standard InChI is InChI=1S/C12H22ClN3/c1-3-5-6-7-11(14)12-10(13)9-15-16(12)8-4-2/h9,11H,3-8,14H2,1-2H3. The van der Waals surface area contributed by atoms with E-state index < -0.39 is 0 Å². The molecule has 1 aromatic heterocycles. The van der Waals surface area contributed by atoms with Crippen LogP contribution < -0.4 is 5.73 Å². The first-order valence-corrected chi connectivity index (χ1v) is 6.55. The predicted molar refractivity (Wildman–Crippen MR) is 68.6 cm³/mol. The van der Waals surface area contributed by atoms with Crippen LogP contribution in [0.25, 0.3) is 0 Å². The molecule has 1 atom stereocenters. The fourth-order valence-electron chi connectivity index (χ4n) is 1.88. The van der Waals surface area contributed by atoms with Gasteiger partial charge >= 0.3 is 0 Å². The summed E-state index contributed by atoms with van der Waals surface area (Å²) in [4.78, 5) is 0. The smallest absolute Gasteiger partial charge is 0.0834 e. The first-order chi connectivity index (χ1) is 7.70. The van der Waals surface area contributed by atoms with E-state index in [1.165, 1.54) is 12.8 Å². The van der Waals surface area contributed by atoms with E-state index in [9.17, 15) is 0 Å². The van der Waals surface area contributed by atoms with Crippen molar-refractivity contribution in [2.75, 3.05) is 0 Å². The van der Waals surface area contributed by atoms with Crippen LogP contribution in [0.4, 0.5) is 0 Å². The number of nitrogens with two attached hydrogens (primary N) is 1. The highest BCUT2D eigenvalue weighted by atomic mass is 35.5. The van der Waals surface area contributed by atoms with Gasteiger partial charge < -0.3 is 5.73 Å². The molecule has 1 unspecified atom stereocenters. The van der Waals surface area contributed by atoms with Crippen molar-refractivity contribution in [2.45, 2.75) is 58.5 Å². The lowest BCUT2D eigenvalue weighted by molar-refractivity contribution is 0.505. The Hall–Kier alpha value is -0.540. The number of hydrogen-bond acceptors (Lipinski definition) is 2. The number of halogens is 1. The molecule has 0 aliphatic carbocycles. The second-order valence-electron chi connectivity index (χ2n) is 4.20. The maximum Gasteiger partial charge on any atom is 0.0834 e. The zero-order valence-corrected chi connectivity index (χ0v) is 11.0. The number of rotatable bonds is 7. The lowest BCUT2D eigenvalue weighted by Crippen LogP contribution is -2.16. The van der Waals surface area contributed by atoms with Crippen molar-refractivity contribution in [3.05, 3.63) is 16.9 Å². The van der Waals surface area contributed by atoms with Crippen LogP contribution in [0.1, 0.15) is 57.7 Å². The zero-order valence-electron chi connectivity index (χ0n) is 10.2. The Morgan fingerprint density at radius 3 is 2.75 bits per heavy atom. The van der Waals surface area contributed by atoms with Gasteiger partial charge in [0.1, 0.15) is 0 Å². The fraction of sp³-hybridized carbons (Fsp3) is 0.750. The minimum atomic E-state index is 0.0214. The molecule has 1 aromatic rings. The van der Waals surface area contributed by atoms with Crippen LogP contribution in [0.15, 0.2) is 6.20 Å². The van der Waals surface area contributed by atoms with Crippen molar-refractivity contribution >= 4 is 11.6 Å². The lowest BCUT2D eigenvalue weighted by Gasteiger charge is -2.14. The monoisotopic (exact) mass is 243 g/mol. The van der Waals surface area contributed by atoms with Gasteiger partial charge in [-0.3, -0.25) is 4.68 Å². The molecule has 4 heteroatoms. The second kappa shape index (κ2) is 6.92. The molecule has 2 N–H and O–H groups in total. The van der Waals surface area contributed by atoms with Gasteiger partial charge in [0, 0.05) is 12.6 Å². The summed E-state index contributed by atoms with van der Waals surface area (Å²) in [5.74, 6) is 0. The third kappa shape index (κ3) is 3.49. The van der Waals surface area contributed by atoms with Gasteiger partial charge in [-0.25, -0.2) is 0 Å². The summed E-state index contributed by atoms with van der Waals surface area (Å²) >= 11 is 6.13. The van der Waals surface area contributed by atoms with Crippen LogP contribution in [0.5, 0.6) is 0 Å². The minimum absolute atomic E-state index is 0.0214. The summed E-state index contributed by atoms with van der Waals surface area (Å²) in [6, 6.07) is 0.0214. The average Bonchev–Trinajstić information content (AvgIpc) is 2.61. The molecule has 1 heterocycles. The summed E-state index contributed by atoms with van der Waals surface area (Å²) < 4.78 is 1.94. The second-order valence-corrected chi connectivity index (χ2v) is 4.61. The normalized spacial score (nSPS) is 13.0. The maximum atomic E-state index is 6.17. The first kappa shape index (κ1) is 13.5. The zero-order chi connectivity index (χ0) is 12.0. The number of unbranched alkanes of at least 4 members (excludes halogenated alkanes) is 2. The van der Waals surface area contributed by atoms with E-state index in [4.69, 9.17) is 17.3 Å². The van der Waals surface area contributed by atoms with E-state index in [0.717, 1.165) is 31.5 Å². The molecule has 0 radical (unpaired) electrons. The summed E-state index contributed by atoms with van der Waals surface area (Å²) in [6.07, 6.45) is 7.34. The molecule has 92 valence electrons. The highest BCUT2D eigenvalue weighted by molar-refractivity contribution is 6.31. The van der Waals surface area contributed by atoms with Gasteiger partial charge in [-0.2, -0.15) is 5.10 Å². The van der Waals surface area contributed by atoms with Gasteiger partial charge in [-0.15, -0.1) is 0 Å². The quantitative estimate of drug-likeness (QED) is 0.745. The number of aryl methyl sites for hydroxylation is 1. The molecule has 3 nitrogen and oxygen atoms in total. The third-order valence-electron chi connectivity index (χ3n) is 2.74. The molecule has 0 aromatic carbocycles. The minimum Gasteiger partial charge on any atom is -0.323 e. The molecule has 0 amide bonds. The van der Waals surface area contributed by atoms with Gasteiger partial charge in [-0.1, -0.05) is 44.7 Å². The Labute approximate surface area is 103 Å². The van der Waals surface area contributed by atoms with Crippen LogP contribution >= 0.6 is 11.6 Å². The predicted octanol–water partition coefficient (Wildman–Crippen LogP) is 3.53. The van der Waals surface area contributed by atoms with Crippen molar-refractivity contribution < 1.29 is 0 Å². The van der Waals surface area contributed by atoms with Gasteiger partial charge in [0.2, 0.25) is 0 Å². The molecule has 0 bridgehead atoms. The molecular formula is C12H22ClN3. The van der Waals surface area contributed by atoms with Crippen LogP contribution in [0.2, 0.25) is 5.02 Å². The number of hydrogen-bond donors (Lipinski definition) is 1. The Morgan fingerprint density at radius 2 is 2.12 bits per heavy atom. The largest absolute Gasteiger partial charge is 0.323 e. The van der Waals surface area contributed by atoms with E-state index in [1.54, 1.807) is 6.20 Å². The summed E-state index contributed by atoms with van der Waals surface area (Å²) in [7, 11) is 0. The Bertz CT molecular complexity index is 309. The summed E-state index contributed by atoms with van der Waals surface area (Å²) in [5, 5.41) is 4.97. The van der Waals surface area contributed by atoms with Crippen LogP contribution in [-0.4, -0.2) is 9.78 Å². The highest BCUT2D eigenvalue weighted by Crippen LogP contribution is 2.25. The van der Waals surface area contributed by atoms with Crippen molar-refractivity contribution in [2.24, 2.45) is 5.73 Å². The first-order valence-electron chi connectivity index (χ1n) is 6.17. The molecule has 0 aliphatic heterocycles. The van der Waals surface area contributed by atoms with Crippen molar-refractivity contribution in [3.8, 4) is 0 Å². The number of aromatic nitrogens is 2. The molecule has 0 aliphatic rings. The van der Waals surface area contributed by atoms with E-state index in [1.807, 2.05) is 4.68 Å². The van der Waals surface area contributed by atoms with Crippen molar-refractivity contribution in [1.29, 1.82) is 0 Å². The highest BCUT2D eigenvalue weighted by Gasteiger charge is 2.15. The SMILES string of the molecule is CCCCCC(N)c1c(Cl)cnn1CCC. The average molecular weight is 244 g/mol. The van der Waals surface area contributed by atoms with E-state index >= 15 is 0 Å². The summed E-state index contributed by atoms with van der Waals surface area (Å²) in [5.41, 5.74) is 7.17. The Kier molecular flexibility index (Phi) is 5.85. The van der Waals surface area contributed by atoms with Crippen molar-refractivity contribution in [3.63, 3.8) is 0 Å². The third-order valence-corrected chi connectivity index (χ3v) is 3.03. The molecule has 1 rings (SSSR count).